The van der Waals surface area contributed by atoms with E-state index < -0.39 is 10.8 Å². The van der Waals surface area contributed by atoms with Gasteiger partial charge in [-0.05, 0) is 42.3 Å². The number of benzene rings is 1. The van der Waals surface area contributed by atoms with Crippen molar-refractivity contribution in [2.24, 2.45) is 5.10 Å². The molecule has 1 aromatic carbocycles. The third kappa shape index (κ3) is 4.77. The summed E-state index contributed by atoms with van der Waals surface area (Å²) in [7, 11) is 0. The van der Waals surface area contributed by atoms with Gasteiger partial charge in [0.1, 0.15) is 5.75 Å². The van der Waals surface area contributed by atoms with Gasteiger partial charge in [-0.1, -0.05) is 11.6 Å². The zero-order valence-electron chi connectivity index (χ0n) is 17.3. The van der Waals surface area contributed by atoms with Gasteiger partial charge in [-0.2, -0.15) is 9.78 Å². The van der Waals surface area contributed by atoms with E-state index in [0.29, 0.717) is 12.2 Å². The van der Waals surface area contributed by atoms with E-state index in [9.17, 15) is 20.0 Å². The molecule has 1 aliphatic rings. The quantitative estimate of drug-likeness (QED) is 0.255. The summed E-state index contributed by atoms with van der Waals surface area (Å²) < 4.78 is 5.94. The summed E-state index contributed by atoms with van der Waals surface area (Å²) in [5.41, 5.74) is 8.32. The molecule has 15 nitrogen and oxygen atoms in total. The molecule has 15 heteroatoms. The van der Waals surface area contributed by atoms with Crippen molar-refractivity contribution in [3.05, 3.63) is 45.3 Å². The number of amides is 1. The molecule has 0 bridgehead atoms. The minimum atomic E-state index is -0.676. The van der Waals surface area contributed by atoms with E-state index in [0.717, 1.165) is 50.7 Å². The highest BCUT2D eigenvalue weighted by Crippen LogP contribution is 2.22. The number of nitro benzene ring substituents is 1. The van der Waals surface area contributed by atoms with E-state index in [1.165, 1.54) is 10.7 Å². The second-order valence-corrected chi connectivity index (χ2v) is 7.31. The number of nitrogens with one attached hydrogen (secondary N) is 1. The third-order valence-corrected chi connectivity index (χ3v) is 5.09. The lowest BCUT2D eigenvalue weighted by atomic mass is 10.1. The number of nitrogens with zero attached hydrogens (tertiary/aromatic N) is 8. The number of phenolic OH excluding ortho intramolecular Hbond substituents is 1. The number of aromatic nitrogens is 5. The molecule has 3 aromatic rings. The second-order valence-electron chi connectivity index (χ2n) is 7.31. The number of hydrogen-bond acceptors (Lipinski definition) is 12. The highest BCUT2D eigenvalue weighted by atomic mass is 16.6. The maximum Gasteiger partial charge on any atom is 0.293 e. The fourth-order valence-corrected chi connectivity index (χ4v) is 3.43. The van der Waals surface area contributed by atoms with E-state index in [4.69, 9.17) is 5.73 Å². The summed E-state index contributed by atoms with van der Waals surface area (Å²) in [4.78, 5) is 25.3. The lowest BCUT2D eigenvalue weighted by molar-refractivity contribution is -0.384. The van der Waals surface area contributed by atoms with Crippen LogP contribution >= 0.6 is 0 Å². The molecule has 0 unspecified atom stereocenters. The van der Waals surface area contributed by atoms with Crippen molar-refractivity contribution in [1.82, 2.24) is 35.6 Å². The number of hydrogen-bond donors (Lipinski definition) is 3. The molecule has 1 aliphatic heterocycles. The number of aromatic hydroxyl groups is 1. The summed E-state index contributed by atoms with van der Waals surface area (Å²) in [6.07, 6.45) is 4.30. The fraction of sp³-hybridized carbons (Fsp3) is 0.333. The molecule has 0 radical (unpaired) electrons. The summed E-state index contributed by atoms with van der Waals surface area (Å²) in [5.74, 6) is -0.807. The van der Waals surface area contributed by atoms with Crippen molar-refractivity contribution in [2.45, 2.75) is 25.8 Å². The first kappa shape index (κ1) is 21.8. The Morgan fingerprint density at radius 2 is 2.12 bits per heavy atom. The molecule has 4 N–H and O–H groups in total. The highest BCUT2D eigenvalue weighted by molar-refractivity contribution is 5.94. The van der Waals surface area contributed by atoms with Crippen LogP contribution in [0.5, 0.6) is 5.75 Å². The van der Waals surface area contributed by atoms with Crippen LogP contribution in [0.2, 0.25) is 0 Å². The molecule has 0 atom stereocenters. The predicted octanol–water partition coefficient (Wildman–Crippen LogP) is 0.596. The van der Waals surface area contributed by atoms with E-state index in [2.05, 4.69) is 40.7 Å². The van der Waals surface area contributed by atoms with Crippen LogP contribution < -0.4 is 11.2 Å². The molecule has 4 rings (SSSR count). The van der Waals surface area contributed by atoms with E-state index >= 15 is 0 Å². The number of phenols is 1. The van der Waals surface area contributed by atoms with Crippen LogP contribution in [-0.4, -0.2) is 65.4 Å². The number of nitrogens with two attached hydrogens (primary N) is 1. The van der Waals surface area contributed by atoms with Gasteiger partial charge in [-0.15, -0.1) is 5.10 Å². The number of likely N-dealkylation sites (tertiary alicyclic amines) is 1. The van der Waals surface area contributed by atoms with Gasteiger partial charge >= 0.3 is 0 Å². The van der Waals surface area contributed by atoms with Crippen LogP contribution in [-0.2, 0) is 6.54 Å². The van der Waals surface area contributed by atoms with Gasteiger partial charge in [0.2, 0.25) is 11.6 Å². The average Bonchev–Trinajstić information content (AvgIpc) is 3.41. The van der Waals surface area contributed by atoms with Gasteiger partial charge < -0.3 is 10.8 Å². The predicted molar refractivity (Wildman–Crippen MR) is 113 cm³/mol. The number of hydrazone groups is 1. The molecule has 3 heterocycles. The molecule has 1 fully saturated rings. The van der Waals surface area contributed by atoms with E-state index in [1.54, 1.807) is 0 Å². The zero-order valence-corrected chi connectivity index (χ0v) is 17.3. The zero-order chi connectivity index (χ0) is 23.4. The first-order chi connectivity index (χ1) is 15.9. The smallest absolute Gasteiger partial charge is 0.293 e. The Morgan fingerprint density at radius 1 is 1.33 bits per heavy atom. The maximum atomic E-state index is 12.8. The number of carbonyl (C=O) groups is 1. The molecule has 33 heavy (non-hydrogen) atoms. The van der Waals surface area contributed by atoms with E-state index in [1.807, 2.05) is 0 Å². The van der Waals surface area contributed by atoms with Crippen molar-refractivity contribution in [1.29, 1.82) is 0 Å². The topological polar surface area (TPSA) is 204 Å². The van der Waals surface area contributed by atoms with Crippen LogP contribution in [0.15, 0.2) is 27.9 Å². The van der Waals surface area contributed by atoms with Crippen molar-refractivity contribution in [2.75, 3.05) is 18.8 Å². The Labute approximate surface area is 186 Å². The second kappa shape index (κ2) is 9.39. The molecule has 1 saturated heterocycles. The normalized spacial score (nSPS) is 14.5. The largest absolute Gasteiger partial charge is 0.507 e. The lowest BCUT2D eigenvalue weighted by Gasteiger charge is -2.26. The molecule has 1 amide bonds. The van der Waals surface area contributed by atoms with Gasteiger partial charge in [0, 0.05) is 24.2 Å². The lowest BCUT2D eigenvalue weighted by Crippen LogP contribution is -2.31. The van der Waals surface area contributed by atoms with Gasteiger partial charge in [0.25, 0.3) is 11.6 Å². The number of nitrogen functional groups attached to an aromatic ring is 1. The van der Waals surface area contributed by atoms with Crippen LogP contribution in [0.3, 0.4) is 0 Å². The SMILES string of the molecule is Nc1nonc1-n1nnc(C(=O)N/N=C/c2cc([N+](=O)[O-])ccc2O)c1CN1CCCCC1. The van der Waals surface area contributed by atoms with Crippen molar-refractivity contribution < 1.29 is 19.5 Å². The Kier molecular flexibility index (Phi) is 6.21. The summed E-state index contributed by atoms with van der Waals surface area (Å²) in [6, 6.07) is 3.45. The van der Waals surface area contributed by atoms with Crippen molar-refractivity contribution in [3.8, 4) is 11.6 Å². The number of non-ortho nitro benzene ring substituents is 1. The van der Waals surface area contributed by atoms with Crippen molar-refractivity contribution >= 4 is 23.6 Å². The molecule has 172 valence electrons. The van der Waals surface area contributed by atoms with Gasteiger partial charge in [-0.3, -0.25) is 19.8 Å². The molecule has 0 aliphatic carbocycles. The number of piperidine rings is 1. The van der Waals surface area contributed by atoms with Crippen LogP contribution in [0, 0.1) is 10.1 Å². The average molecular weight is 456 g/mol. The Balaban J connectivity index is 1.57. The van der Waals surface area contributed by atoms with Gasteiger partial charge in [0.15, 0.2) is 5.69 Å². The fourth-order valence-electron chi connectivity index (χ4n) is 3.43. The molecule has 0 saturated carbocycles. The Bertz CT molecular complexity index is 1200. The first-order valence-corrected chi connectivity index (χ1v) is 10.00. The molecular weight excluding hydrogens is 436 g/mol. The monoisotopic (exact) mass is 456 g/mol. The standard InChI is InChI=1S/C18H20N10O5/c19-16-17(24-33-23-16)27-13(10-26-6-2-1-3-7-26)15(21-25-27)18(30)22-20-9-11-8-12(28(31)32)4-5-14(11)29/h4-5,8-9,29H,1-3,6-7,10H2,(H2,19,23)(H,22,30)/b20-9+. The summed E-state index contributed by atoms with van der Waals surface area (Å²) >= 11 is 0. The minimum absolute atomic E-state index is 0.00841. The minimum Gasteiger partial charge on any atom is -0.507 e. The number of rotatable bonds is 7. The number of nitro groups is 1. The highest BCUT2D eigenvalue weighted by Gasteiger charge is 2.26. The van der Waals surface area contributed by atoms with E-state index in [-0.39, 0.29) is 34.3 Å². The maximum absolute atomic E-state index is 12.8. The molecular formula is C18H20N10O5. The van der Waals surface area contributed by atoms with Crippen molar-refractivity contribution in [3.63, 3.8) is 0 Å². The van der Waals surface area contributed by atoms with Crippen LogP contribution in [0.1, 0.15) is 41.0 Å². The summed E-state index contributed by atoms with van der Waals surface area (Å²) in [5, 5.41) is 39.8. The van der Waals surface area contributed by atoms with Gasteiger partial charge in [-0.25, -0.2) is 10.1 Å². The van der Waals surface area contributed by atoms with Crippen LogP contribution in [0.25, 0.3) is 5.82 Å². The Hall–Kier alpha value is -4.40. The first-order valence-electron chi connectivity index (χ1n) is 10.00. The third-order valence-electron chi connectivity index (χ3n) is 5.09. The Morgan fingerprint density at radius 3 is 2.82 bits per heavy atom. The molecule has 0 spiro atoms. The van der Waals surface area contributed by atoms with Crippen LogP contribution in [0.4, 0.5) is 11.5 Å². The van der Waals surface area contributed by atoms with Gasteiger partial charge in [0.05, 0.1) is 16.8 Å². The molecule has 2 aromatic heterocycles. The number of anilines is 1. The number of carbonyl (C=O) groups excluding carboxylic acids is 1. The summed E-state index contributed by atoms with van der Waals surface area (Å²) in [6.45, 7) is 2.06.